The van der Waals surface area contributed by atoms with Gasteiger partial charge in [-0.1, -0.05) is 0 Å². The molecule has 0 aliphatic heterocycles. The van der Waals surface area contributed by atoms with Crippen LogP contribution in [-0.2, 0) is 22.3 Å². The van der Waals surface area contributed by atoms with Gasteiger partial charge in [0.05, 0.1) is 25.5 Å². The number of hydrazine groups is 1. The highest BCUT2D eigenvalue weighted by molar-refractivity contribution is 5.99. The third kappa shape index (κ3) is 6.56. The topological polar surface area (TPSA) is 131 Å². The fourth-order valence-corrected chi connectivity index (χ4v) is 3.14. The van der Waals surface area contributed by atoms with Gasteiger partial charge in [-0.15, -0.1) is 0 Å². The molecule has 3 rings (SSSR count). The summed E-state index contributed by atoms with van der Waals surface area (Å²) in [5.74, 6) is -1.22. The number of aromatic nitrogens is 1. The molecule has 2 aromatic rings. The van der Waals surface area contributed by atoms with Crippen molar-refractivity contribution in [2.75, 3.05) is 21.2 Å². The molecule has 1 fully saturated rings. The molecule has 1 heterocycles. The van der Waals surface area contributed by atoms with E-state index in [4.69, 9.17) is 15.2 Å². The van der Waals surface area contributed by atoms with Crippen molar-refractivity contribution in [3.63, 3.8) is 0 Å². The molecule has 1 saturated carbocycles. The van der Waals surface area contributed by atoms with Gasteiger partial charge in [0.15, 0.2) is 0 Å². The number of pyridine rings is 1. The zero-order valence-electron chi connectivity index (χ0n) is 19.9. The molecular weight excluding hydrogens is 481 g/mol. The number of ether oxygens (including phenoxy) is 2. The minimum absolute atomic E-state index is 0.0425. The van der Waals surface area contributed by atoms with Crippen LogP contribution in [0.15, 0.2) is 48.4 Å². The SMILES string of the molecule is CNN(C)/C=C(\N)C(=O)NC1(C(=O)NCc2ccc(Oc3ccc(OC)cc3C(F)(F)F)cn2)CC1. The van der Waals surface area contributed by atoms with Gasteiger partial charge in [0, 0.05) is 20.3 Å². The Morgan fingerprint density at radius 2 is 1.92 bits per heavy atom. The maximum absolute atomic E-state index is 13.4. The number of benzene rings is 1. The van der Waals surface area contributed by atoms with Gasteiger partial charge in [0.25, 0.3) is 5.91 Å². The van der Waals surface area contributed by atoms with Crippen LogP contribution in [0.25, 0.3) is 0 Å². The predicted molar refractivity (Wildman–Crippen MR) is 123 cm³/mol. The van der Waals surface area contributed by atoms with Crippen molar-refractivity contribution in [2.45, 2.75) is 31.1 Å². The van der Waals surface area contributed by atoms with E-state index in [9.17, 15) is 22.8 Å². The maximum atomic E-state index is 13.4. The van der Waals surface area contributed by atoms with Crippen molar-refractivity contribution in [1.82, 2.24) is 26.1 Å². The van der Waals surface area contributed by atoms with Crippen LogP contribution in [0.5, 0.6) is 17.2 Å². The van der Waals surface area contributed by atoms with Crippen LogP contribution in [0.1, 0.15) is 24.1 Å². The number of carbonyl (C=O) groups is 2. The zero-order chi connectivity index (χ0) is 26.5. The Kier molecular flexibility index (Phi) is 7.93. The number of carbonyl (C=O) groups excluding carboxylic acids is 2. The van der Waals surface area contributed by atoms with Crippen molar-refractivity contribution >= 4 is 11.8 Å². The summed E-state index contributed by atoms with van der Waals surface area (Å²) < 4.78 is 50.4. The molecule has 0 atom stereocenters. The quantitative estimate of drug-likeness (QED) is 0.283. The minimum Gasteiger partial charge on any atom is -0.497 e. The standard InChI is InChI=1S/C23H27F3N6O4/c1-28-32(2)13-18(27)20(33)31-22(8-9-22)21(34)30-11-14-4-5-16(12-29-14)36-19-7-6-15(35-3)10-17(19)23(24,25)26/h4-7,10,12-13,28H,8-9,11,27H2,1-3H3,(H,30,34)(H,31,33)/b18-13-. The van der Waals surface area contributed by atoms with Gasteiger partial charge >= 0.3 is 6.18 Å². The molecule has 10 nitrogen and oxygen atoms in total. The van der Waals surface area contributed by atoms with Gasteiger partial charge < -0.3 is 30.8 Å². The Labute approximate surface area is 205 Å². The largest absolute Gasteiger partial charge is 0.497 e. The number of alkyl halides is 3. The first-order valence-electron chi connectivity index (χ1n) is 10.8. The molecule has 0 unspecified atom stereocenters. The molecule has 1 aromatic heterocycles. The Morgan fingerprint density at radius 1 is 1.22 bits per heavy atom. The minimum atomic E-state index is -4.64. The third-order valence-electron chi connectivity index (χ3n) is 5.43. The summed E-state index contributed by atoms with van der Waals surface area (Å²) >= 11 is 0. The lowest BCUT2D eigenvalue weighted by Gasteiger charge is -2.18. The van der Waals surface area contributed by atoms with E-state index in [-0.39, 0.29) is 29.6 Å². The van der Waals surface area contributed by atoms with Crippen LogP contribution >= 0.6 is 0 Å². The highest BCUT2D eigenvalue weighted by Crippen LogP contribution is 2.40. The van der Waals surface area contributed by atoms with Crippen LogP contribution < -0.4 is 31.3 Å². The summed E-state index contributed by atoms with van der Waals surface area (Å²) in [6.07, 6.45) is -1.07. The highest BCUT2D eigenvalue weighted by atomic mass is 19.4. The second-order valence-electron chi connectivity index (χ2n) is 8.09. The zero-order valence-corrected chi connectivity index (χ0v) is 19.9. The molecule has 194 valence electrons. The molecule has 2 amide bonds. The molecule has 0 radical (unpaired) electrons. The molecule has 36 heavy (non-hydrogen) atoms. The fraction of sp³-hybridized carbons (Fsp3) is 0.348. The molecule has 1 aliphatic rings. The van der Waals surface area contributed by atoms with E-state index in [1.54, 1.807) is 14.1 Å². The second kappa shape index (κ2) is 10.7. The monoisotopic (exact) mass is 508 g/mol. The summed E-state index contributed by atoms with van der Waals surface area (Å²) in [5.41, 5.74) is 6.88. The van der Waals surface area contributed by atoms with Crippen molar-refractivity contribution in [3.8, 4) is 17.2 Å². The highest BCUT2D eigenvalue weighted by Gasteiger charge is 2.51. The first-order chi connectivity index (χ1) is 17.0. The molecule has 5 N–H and O–H groups in total. The van der Waals surface area contributed by atoms with E-state index in [2.05, 4.69) is 21.0 Å². The maximum Gasteiger partial charge on any atom is 0.420 e. The van der Waals surface area contributed by atoms with Crippen LogP contribution in [-0.4, -0.2) is 48.6 Å². The summed E-state index contributed by atoms with van der Waals surface area (Å²) in [5, 5.41) is 6.85. The number of hydrogen-bond acceptors (Lipinski definition) is 8. The van der Waals surface area contributed by atoms with Crippen molar-refractivity contribution in [3.05, 3.63) is 59.7 Å². The molecule has 1 aromatic carbocycles. The van der Waals surface area contributed by atoms with Crippen molar-refractivity contribution in [1.29, 1.82) is 0 Å². The summed E-state index contributed by atoms with van der Waals surface area (Å²) in [6, 6.07) is 6.33. The molecule has 13 heteroatoms. The summed E-state index contributed by atoms with van der Waals surface area (Å²) in [6.45, 7) is 0.0425. The number of methoxy groups -OCH3 is 1. The van der Waals surface area contributed by atoms with Crippen molar-refractivity contribution in [2.24, 2.45) is 5.73 Å². The average Bonchev–Trinajstić information content (AvgIpc) is 3.63. The van der Waals surface area contributed by atoms with Crippen molar-refractivity contribution < 1.29 is 32.2 Å². The number of halogens is 3. The van der Waals surface area contributed by atoms with Crippen LogP contribution in [0.2, 0.25) is 0 Å². The Bertz CT molecular complexity index is 1130. The molecule has 0 spiro atoms. The first kappa shape index (κ1) is 26.6. The Balaban J connectivity index is 1.59. The first-order valence-corrected chi connectivity index (χ1v) is 10.8. The Morgan fingerprint density at radius 3 is 2.47 bits per heavy atom. The number of rotatable bonds is 10. The number of nitrogens with one attached hydrogen (secondary N) is 3. The fourth-order valence-electron chi connectivity index (χ4n) is 3.14. The molecule has 0 bridgehead atoms. The van der Waals surface area contributed by atoms with E-state index < -0.39 is 28.9 Å². The van der Waals surface area contributed by atoms with Gasteiger partial charge in [-0.05, 0) is 43.2 Å². The van der Waals surface area contributed by atoms with Crippen LogP contribution in [0.3, 0.4) is 0 Å². The molecular formula is C23H27F3N6O4. The van der Waals surface area contributed by atoms with Gasteiger partial charge in [-0.25, -0.2) is 5.43 Å². The lowest BCUT2D eigenvalue weighted by atomic mass is 10.2. The molecule has 1 aliphatic carbocycles. The molecule has 0 saturated heterocycles. The lowest BCUT2D eigenvalue weighted by Crippen LogP contribution is -2.50. The summed E-state index contributed by atoms with van der Waals surface area (Å²) in [4.78, 5) is 29.1. The lowest BCUT2D eigenvalue weighted by molar-refractivity contribution is -0.138. The number of amides is 2. The van der Waals surface area contributed by atoms with E-state index in [0.717, 1.165) is 12.1 Å². The van der Waals surface area contributed by atoms with E-state index in [0.29, 0.717) is 18.5 Å². The van der Waals surface area contributed by atoms with Crippen LogP contribution in [0.4, 0.5) is 13.2 Å². The number of nitrogens with zero attached hydrogens (tertiary/aromatic N) is 2. The Hall–Kier alpha value is -4.00. The van der Waals surface area contributed by atoms with Crippen LogP contribution in [0, 0.1) is 0 Å². The number of hydrogen-bond donors (Lipinski definition) is 4. The number of nitrogens with two attached hydrogens (primary N) is 1. The summed E-state index contributed by atoms with van der Waals surface area (Å²) in [7, 11) is 4.59. The second-order valence-corrected chi connectivity index (χ2v) is 8.09. The van der Waals surface area contributed by atoms with Gasteiger partial charge in [-0.3, -0.25) is 14.6 Å². The van der Waals surface area contributed by atoms with E-state index in [1.807, 2.05) is 0 Å². The van der Waals surface area contributed by atoms with E-state index in [1.165, 1.54) is 42.7 Å². The third-order valence-corrected chi connectivity index (χ3v) is 5.43. The van der Waals surface area contributed by atoms with E-state index >= 15 is 0 Å². The van der Waals surface area contributed by atoms with Gasteiger partial charge in [-0.2, -0.15) is 13.2 Å². The smallest absolute Gasteiger partial charge is 0.420 e. The van der Waals surface area contributed by atoms with Gasteiger partial charge in [0.1, 0.15) is 34.0 Å². The van der Waals surface area contributed by atoms with Gasteiger partial charge in [0.2, 0.25) is 5.91 Å². The average molecular weight is 509 g/mol. The normalized spacial score (nSPS) is 14.6. The predicted octanol–water partition coefficient (Wildman–Crippen LogP) is 2.03.